The third-order valence-corrected chi connectivity index (χ3v) is 4.20. The Hall–Kier alpha value is -0.280. The van der Waals surface area contributed by atoms with Gasteiger partial charge in [-0.2, -0.15) is 0 Å². The van der Waals surface area contributed by atoms with Gasteiger partial charge in [0.05, 0.1) is 22.3 Å². The van der Waals surface area contributed by atoms with Gasteiger partial charge < -0.3 is 9.84 Å². The molecule has 1 saturated heterocycles. The summed E-state index contributed by atoms with van der Waals surface area (Å²) in [4.78, 5) is 0. The Labute approximate surface area is 118 Å². The molecule has 1 heterocycles. The summed E-state index contributed by atoms with van der Waals surface area (Å²) >= 11 is 12.0. The molecule has 0 bridgehead atoms. The van der Waals surface area contributed by atoms with Crippen molar-refractivity contribution < 1.29 is 9.84 Å². The highest BCUT2D eigenvalue weighted by Crippen LogP contribution is 2.32. The lowest BCUT2D eigenvalue weighted by atomic mass is 10.0. The number of ether oxygens (including phenoxy) is 1. The average Bonchev–Trinajstić information content (AvgIpc) is 2.85. The van der Waals surface area contributed by atoms with E-state index in [2.05, 4.69) is 0 Å². The van der Waals surface area contributed by atoms with E-state index < -0.39 is 6.10 Å². The van der Waals surface area contributed by atoms with Crippen molar-refractivity contribution in [2.24, 2.45) is 0 Å². The molecule has 1 aromatic carbocycles. The van der Waals surface area contributed by atoms with Gasteiger partial charge in [0.1, 0.15) is 0 Å². The summed E-state index contributed by atoms with van der Waals surface area (Å²) in [5.41, 5.74) is 0.719. The normalized spacial score (nSPS) is 21.2. The van der Waals surface area contributed by atoms with E-state index in [0.717, 1.165) is 37.9 Å². The summed E-state index contributed by atoms with van der Waals surface area (Å²) in [5.74, 6) is 0. The molecule has 0 amide bonds. The Morgan fingerprint density at radius 3 is 2.94 bits per heavy atom. The maximum absolute atomic E-state index is 10.1. The van der Waals surface area contributed by atoms with Gasteiger partial charge in [-0.3, -0.25) is 0 Å². The van der Waals surface area contributed by atoms with Crippen LogP contribution in [0.1, 0.15) is 43.8 Å². The number of aliphatic hydroxyl groups is 1. The molecule has 1 aliphatic heterocycles. The number of halogens is 2. The molecule has 18 heavy (non-hydrogen) atoms. The summed E-state index contributed by atoms with van der Waals surface area (Å²) in [5, 5.41) is 11.1. The lowest BCUT2D eigenvalue weighted by Crippen LogP contribution is -2.06. The van der Waals surface area contributed by atoms with E-state index >= 15 is 0 Å². The van der Waals surface area contributed by atoms with Gasteiger partial charge in [0.25, 0.3) is 0 Å². The van der Waals surface area contributed by atoms with Crippen LogP contribution in [-0.2, 0) is 4.74 Å². The molecule has 2 atom stereocenters. The largest absolute Gasteiger partial charge is 0.388 e. The van der Waals surface area contributed by atoms with E-state index in [1.807, 2.05) is 12.1 Å². The lowest BCUT2D eigenvalue weighted by Gasteiger charge is -2.14. The van der Waals surface area contributed by atoms with E-state index in [1.165, 1.54) is 0 Å². The zero-order valence-corrected chi connectivity index (χ0v) is 11.8. The van der Waals surface area contributed by atoms with E-state index in [1.54, 1.807) is 6.07 Å². The van der Waals surface area contributed by atoms with Crippen molar-refractivity contribution in [2.45, 2.75) is 44.3 Å². The maximum atomic E-state index is 10.1. The first-order chi connectivity index (χ1) is 8.68. The van der Waals surface area contributed by atoms with Crippen molar-refractivity contribution in [1.82, 2.24) is 0 Å². The van der Waals surface area contributed by atoms with Gasteiger partial charge in [-0.25, -0.2) is 0 Å². The van der Waals surface area contributed by atoms with Gasteiger partial charge in [0.15, 0.2) is 0 Å². The molecule has 2 rings (SSSR count). The average molecular weight is 289 g/mol. The summed E-state index contributed by atoms with van der Waals surface area (Å²) in [7, 11) is 0. The number of aliphatic hydroxyl groups excluding tert-OH is 1. The highest BCUT2D eigenvalue weighted by Gasteiger charge is 2.17. The summed E-state index contributed by atoms with van der Waals surface area (Å²) in [6.07, 6.45) is 4.79. The fourth-order valence-electron chi connectivity index (χ4n) is 2.34. The molecule has 1 aromatic rings. The molecule has 0 saturated carbocycles. The second-order valence-electron chi connectivity index (χ2n) is 4.72. The van der Waals surface area contributed by atoms with Crippen molar-refractivity contribution in [1.29, 1.82) is 0 Å². The summed E-state index contributed by atoms with van der Waals surface area (Å²) in [6.45, 7) is 0.882. The fraction of sp³-hybridized carbons (Fsp3) is 0.571. The van der Waals surface area contributed by atoms with Crippen molar-refractivity contribution in [2.75, 3.05) is 6.61 Å². The molecular weight excluding hydrogens is 271 g/mol. The number of benzene rings is 1. The Bertz CT molecular complexity index is 389. The van der Waals surface area contributed by atoms with Crippen molar-refractivity contribution >= 4 is 23.2 Å². The van der Waals surface area contributed by atoms with Crippen LogP contribution in [0.3, 0.4) is 0 Å². The Balaban J connectivity index is 1.83. The lowest BCUT2D eigenvalue weighted by molar-refractivity contribution is 0.0945. The highest BCUT2D eigenvalue weighted by molar-refractivity contribution is 6.42. The van der Waals surface area contributed by atoms with Crippen LogP contribution in [0.4, 0.5) is 0 Å². The van der Waals surface area contributed by atoms with E-state index in [0.29, 0.717) is 22.6 Å². The Morgan fingerprint density at radius 1 is 1.39 bits per heavy atom. The van der Waals surface area contributed by atoms with Crippen LogP contribution in [-0.4, -0.2) is 17.8 Å². The molecule has 2 nitrogen and oxygen atoms in total. The van der Waals surface area contributed by atoms with Crippen LogP contribution in [0.2, 0.25) is 10.0 Å². The standard InChI is InChI=1S/C14H18Cl2O2/c15-12-7-2-6-11(14(12)16)13(17)8-1-4-10-5-3-9-18-10/h2,6-7,10,13,17H,1,3-5,8-9H2. The van der Waals surface area contributed by atoms with E-state index in [9.17, 15) is 5.11 Å². The van der Waals surface area contributed by atoms with Gasteiger partial charge in [-0.05, 0) is 38.2 Å². The molecule has 0 spiro atoms. The van der Waals surface area contributed by atoms with E-state index in [4.69, 9.17) is 27.9 Å². The predicted molar refractivity (Wildman–Crippen MR) is 74.2 cm³/mol. The molecule has 0 aliphatic carbocycles. The zero-order chi connectivity index (χ0) is 13.0. The van der Waals surface area contributed by atoms with Gasteiger partial charge >= 0.3 is 0 Å². The van der Waals surface area contributed by atoms with Gasteiger partial charge in [0.2, 0.25) is 0 Å². The number of hydrogen-bond donors (Lipinski definition) is 1. The van der Waals surface area contributed by atoms with Crippen LogP contribution in [0.5, 0.6) is 0 Å². The van der Waals surface area contributed by atoms with Crippen LogP contribution in [0.25, 0.3) is 0 Å². The minimum Gasteiger partial charge on any atom is -0.388 e. The Morgan fingerprint density at radius 2 is 2.22 bits per heavy atom. The van der Waals surface area contributed by atoms with Crippen molar-refractivity contribution in [3.8, 4) is 0 Å². The van der Waals surface area contributed by atoms with Gasteiger partial charge in [-0.15, -0.1) is 0 Å². The van der Waals surface area contributed by atoms with Crippen LogP contribution < -0.4 is 0 Å². The fourth-order valence-corrected chi connectivity index (χ4v) is 2.78. The molecule has 100 valence electrons. The molecule has 0 aromatic heterocycles. The minimum atomic E-state index is -0.544. The molecule has 0 radical (unpaired) electrons. The monoisotopic (exact) mass is 288 g/mol. The van der Waals surface area contributed by atoms with E-state index in [-0.39, 0.29) is 0 Å². The third-order valence-electron chi connectivity index (χ3n) is 3.37. The second-order valence-corrected chi connectivity index (χ2v) is 5.51. The topological polar surface area (TPSA) is 29.5 Å². The number of hydrogen-bond acceptors (Lipinski definition) is 2. The first-order valence-corrected chi connectivity index (χ1v) is 7.17. The van der Waals surface area contributed by atoms with Crippen molar-refractivity contribution in [3.63, 3.8) is 0 Å². The second kappa shape index (κ2) is 6.76. The molecular formula is C14H18Cl2O2. The molecule has 4 heteroatoms. The maximum Gasteiger partial charge on any atom is 0.0805 e. The Kier molecular flexibility index (Phi) is 5.31. The SMILES string of the molecule is OC(CCCC1CCCO1)c1cccc(Cl)c1Cl. The van der Waals surface area contributed by atoms with Crippen molar-refractivity contribution in [3.05, 3.63) is 33.8 Å². The van der Waals surface area contributed by atoms with Gasteiger partial charge in [-0.1, -0.05) is 35.3 Å². The first-order valence-electron chi connectivity index (χ1n) is 6.42. The van der Waals surface area contributed by atoms with Crippen LogP contribution in [0.15, 0.2) is 18.2 Å². The zero-order valence-electron chi connectivity index (χ0n) is 10.2. The highest BCUT2D eigenvalue weighted by atomic mass is 35.5. The molecule has 1 aliphatic rings. The molecule has 1 N–H and O–H groups in total. The predicted octanol–water partition coefficient (Wildman–Crippen LogP) is 4.38. The number of rotatable bonds is 5. The summed E-state index contributed by atoms with van der Waals surface area (Å²) < 4.78 is 5.55. The minimum absolute atomic E-state index is 0.382. The summed E-state index contributed by atoms with van der Waals surface area (Å²) in [6, 6.07) is 5.37. The van der Waals surface area contributed by atoms with Crippen LogP contribution in [0, 0.1) is 0 Å². The van der Waals surface area contributed by atoms with Gasteiger partial charge in [0, 0.05) is 12.2 Å². The first kappa shape index (κ1) is 14.1. The van der Waals surface area contributed by atoms with Crippen LogP contribution >= 0.6 is 23.2 Å². The quantitative estimate of drug-likeness (QED) is 0.871. The molecule has 2 unspecified atom stereocenters. The third kappa shape index (κ3) is 3.61. The smallest absolute Gasteiger partial charge is 0.0805 e. The molecule has 1 fully saturated rings.